The minimum absolute atomic E-state index is 0.0918. The first-order valence-corrected chi connectivity index (χ1v) is 8.74. The molecule has 3 atom stereocenters. The quantitative estimate of drug-likeness (QED) is 0.870. The van der Waals surface area contributed by atoms with Gasteiger partial charge in [0.15, 0.2) is 0 Å². The summed E-state index contributed by atoms with van der Waals surface area (Å²) in [7, 11) is -1.37. The number of rotatable bonds is 5. The number of hydrogen-bond donors (Lipinski definition) is 1. The first-order chi connectivity index (χ1) is 11.2. The highest BCUT2D eigenvalue weighted by Gasteiger charge is 2.29. The first kappa shape index (κ1) is 18.6. The van der Waals surface area contributed by atoms with Gasteiger partial charge in [-0.05, 0) is 43.0 Å². The second kappa shape index (κ2) is 7.44. The van der Waals surface area contributed by atoms with Gasteiger partial charge in [0.05, 0.1) is 16.5 Å². The summed E-state index contributed by atoms with van der Waals surface area (Å²) in [4.78, 5) is 4.38. The van der Waals surface area contributed by atoms with Crippen molar-refractivity contribution < 1.29 is 17.4 Å². The topological polar surface area (TPSA) is 56.0 Å². The van der Waals surface area contributed by atoms with Crippen molar-refractivity contribution in [3.05, 3.63) is 53.9 Å². The number of benzene rings is 1. The number of pyridine rings is 1. The van der Waals surface area contributed by atoms with E-state index in [2.05, 4.69) is 4.98 Å². The lowest BCUT2D eigenvalue weighted by Gasteiger charge is -2.15. The van der Waals surface area contributed by atoms with E-state index < -0.39 is 22.7 Å². The van der Waals surface area contributed by atoms with E-state index in [-0.39, 0.29) is 11.2 Å². The molecule has 0 spiro atoms. The number of halogens is 3. The SMILES string of the molecule is CC(C[C@H](C)c1ccc(-c2ccc(C(F)(F)F)cc2)cn1)S(N)=O. The largest absolute Gasteiger partial charge is 0.416 e. The molecule has 0 radical (unpaired) electrons. The van der Waals surface area contributed by atoms with E-state index in [0.29, 0.717) is 12.0 Å². The van der Waals surface area contributed by atoms with E-state index in [1.165, 1.54) is 12.1 Å². The van der Waals surface area contributed by atoms with Gasteiger partial charge in [-0.15, -0.1) is 0 Å². The van der Waals surface area contributed by atoms with Crippen LogP contribution in [0.15, 0.2) is 42.6 Å². The van der Waals surface area contributed by atoms with Gasteiger partial charge in [0.2, 0.25) is 0 Å². The molecule has 0 saturated carbocycles. The van der Waals surface area contributed by atoms with Gasteiger partial charge >= 0.3 is 6.18 Å². The zero-order valence-corrected chi connectivity index (χ0v) is 14.2. The molecule has 2 unspecified atom stereocenters. The van der Waals surface area contributed by atoms with Crippen molar-refractivity contribution in [2.45, 2.75) is 37.6 Å². The minimum Gasteiger partial charge on any atom is -0.260 e. The highest BCUT2D eigenvalue weighted by atomic mass is 32.2. The van der Waals surface area contributed by atoms with Crippen LogP contribution in [0.3, 0.4) is 0 Å². The summed E-state index contributed by atoms with van der Waals surface area (Å²) in [6.45, 7) is 3.80. The van der Waals surface area contributed by atoms with Gasteiger partial charge in [-0.2, -0.15) is 13.2 Å². The lowest BCUT2D eigenvalue weighted by atomic mass is 9.99. The maximum Gasteiger partial charge on any atom is 0.416 e. The van der Waals surface area contributed by atoms with Crippen LogP contribution >= 0.6 is 0 Å². The molecule has 1 aromatic carbocycles. The van der Waals surface area contributed by atoms with E-state index in [4.69, 9.17) is 5.14 Å². The molecule has 0 aliphatic carbocycles. The molecule has 2 aromatic rings. The summed E-state index contributed by atoms with van der Waals surface area (Å²) in [5.41, 5.74) is 1.58. The van der Waals surface area contributed by atoms with Crippen molar-refractivity contribution in [2.24, 2.45) is 5.14 Å². The van der Waals surface area contributed by atoms with E-state index in [1.54, 1.807) is 6.20 Å². The Labute approximate surface area is 141 Å². The number of hydrogen-bond acceptors (Lipinski definition) is 2. The second-order valence-electron chi connectivity index (χ2n) is 5.82. The smallest absolute Gasteiger partial charge is 0.260 e. The fraction of sp³-hybridized carbons (Fsp3) is 0.353. The van der Waals surface area contributed by atoms with Gasteiger partial charge < -0.3 is 0 Å². The van der Waals surface area contributed by atoms with Crippen molar-refractivity contribution in [1.82, 2.24) is 4.98 Å². The first-order valence-electron chi connectivity index (χ1n) is 7.47. The molecule has 24 heavy (non-hydrogen) atoms. The molecule has 2 N–H and O–H groups in total. The number of aromatic nitrogens is 1. The van der Waals surface area contributed by atoms with Crippen LogP contribution in [0.1, 0.15) is 37.4 Å². The van der Waals surface area contributed by atoms with Crippen molar-refractivity contribution in [1.29, 1.82) is 0 Å². The van der Waals surface area contributed by atoms with Crippen molar-refractivity contribution >= 4 is 11.0 Å². The lowest BCUT2D eigenvalue weighted by molar-refractivity contribution is -0.137. The van der Waals surface area contributed by atoms with E-state index >= 15 is 0 Å². The highest BCUT2D eigenvalue weighted by molar-refractivity contribution is 7.83. The Morgan fingerprint density at radius 3 is 2.12 bits per heavy atom. The molecule has 3 nitrogen and oxygen atoms in total. The van der Waals surface area contributed by atoms with E-state index in [0.717, 1.165) is 23.4 Å². The Morgan fingerprint density at radius 1 is 1.08 bits per heavy atom. The summed E-state index contributed by atoms with van der Waals surface area (Å²) >= 11 is 0. The maximum atomic E-state index is 12.6. The fourth-order valence-corrected chi connectivity index (χ4v) is 2.91. The van der Waals surface area contributed by atoms with Crippen LogP contribution in [0.2, 0.25) is 0 Å². The molecule has 130 valence electrons. The van der Waals surface area contributed by atoms with Crippen LogP contribution < -0.4 is 5.14 Å². The normalized spacial score (nSPS) is 15.8. The number of alkyl halides is 3. The Balaban J connectivity index is 2.13. The molecule has 0 bridgehead atoms. The van der Waals surface area contributed by atoms with Crippen LogP contribution in [-0.4, -0.2) is 14.4 Å². The molecule has 2 rings (SSSR count). The summed E-state index contributed by atoms with van der Waals surface area (Å²) in [6, 6.07) is 8.65. The number of nitrogens with two attached hydrogens (primary N) is 1. The average molecular weight is 356 g/mol. The van der Waals surface area contributed by atoms with Gasteiger partial charge in [0.1, 0.15) is 0 Å². The summed E-state index contributed by atoms with van der Waals surface area (Å²) in [6.07, 6.45) is -2.05. The Bertz CT molecular complexity index is 699. The summed E-state index contributed by atoms with van der Waals surface area (Å²) in [5, 5.41) is 5.25. The Kier molecular flexibility index (Phi) is 5.77. The molecule has 0 aliphatic rings. The fourth-order valence-electron chi connectivity index (χ4n) is 2.43. The van der Waals surface area contributed by atoms with Crippen LogP contribution in [-0.2, 0) is 17.2 Å². The zero-order valence-electron chi connectivity index (χ0n) is 13.4. The molecule has 1 aromatic heterocycles. The van der Waals surface area contributed by atoms with Crippen molar-refractivity contribution in [2.75, 3.05) is 0 Å². The molecule has 0 fully saturated rings. The molecular weight excluding hydrogens is 337 g/mol. The van der Waals surface area contributed by atoms with Gasteiger partial charge in [-0.25, -0.2) is 4.21 Å². The maximum absolute atomic E-state index is 12.6. The van der Waals surface area contributed by atoms with Gasteiger partial charge in [0.25, 0.3) is 0 Å². The highest BCUT2D eigenvalue weighted by Crippen LogP contribution is 2.31. The third-order valence-corrected chi connectivity index (χ3v) is 4.90. The van der Waals surface area contributed by atoms with Crippen molar-refractivity contribution in [3.8, 4) is 11.1 Å². The van der Waals surface area contributed by atoms with Gasteiger partial charge in [0, 0.05) is 22.7 Å². The van der Waals surface area contributed by atoms with Crippen LogP contribution in [0.25, 0.3) is 11.1 Å². The van der Waals surface area contributed by atoms with Crippen LogP contribution in [0, 0.1) is 0 Å². The minimum atomic E-state index is -4.34. The standard InChI is InChI=1S/C17H19F3N2OS/c1-11(9-12(2)24(21)23)16-8-5-14(10-22-16)13-3-6-15(7-4-13)17(18,19)20/h3-8,10-12H,9,21H2,1-2H3/t11-,12?,24?/m0/s1. The third-order valence-electron chi connectivity index (χ3n) is 3.92. The third kappa shape index (κ3) is 4.64. The van der Waals surface area contributed by atoms with Gasteiger partial charge in [-0.3, -0.25) is 10.1 Å². The Morgan fingerprint density at radius 2 is 1.67 bits per heavy atom. The van der Waals surface area contributed by atoms with E-state index in [1.807, 2.05) is 26.0 Å². The van der Waals surface area contributed by atoms with Gasteiger partial charge in [-0.1, -0.05) is 25.1 Å². The monoisotopic (exact) mass is 356 g/mol. The van der Waals surface area contributed by atoms with Crippen LogP contribution in [0.4, 0.5) is 13.2 Å². The second-order valence-corrected chi connectivity index (χ2v) is 7.28. The predicted molar refractivity (Wildman–Crippen MR) is 89.5 cm³/mol. The molecule has 7 heteroatoms. The van der Waals surface area contributed by atoms with Crippen molar-refractivity contribution in [3.63, 3.8) is 0 Å². The lowest BCUT2D eigenvalue weighted by Crippen LogP contribution is -2.20. The average Bonchev–Trinajstić information content (AvgIpc) is 2.54. The molecule has 0 amide bonds. The van der Waals surface area contributed by atoms with E-state index in [9.17, 15) is 17.4 Å². The molecule has 0 aliphatic heterocycles. The molecule has 0 saturated heterocycles. The summed E-state index contributed by atoms with van der Waals surface area (Å²) in [5.74, 6) is 0.0918. The Hall–Kier alpha value is -1.73. The van der Waals surface area contributed by atoms with Crippen LogP contribution in [0.5, 0.6) is 0 Å². The summed E-state index contributed by atoms with van der Waals surface area (Å²) < 4.78 is 49.0. The zero-order chi connectivity index (χ0) is 17.9. The molecule has 1 heterocycles. The number of nitrogens with zero attached hydrogens (tertiary/aromatic N) is 1. The molecular formula is C17H19F3N2OS. The predicted octanol–water partition coefficient (Wildman–Crippen LogP) is 4.27.